The van der Waals surface area contributed by atoms with E-state index in [1.54, 1.807) is 6.92 Å². The highest BCUT2D eigenvalue weighted by molar-refractivity contribution is 7.92. The van der Waals surface area contributed by atoms with Crippen molar-refractivity contribution in [3.05, 3.63) is 41.7 Å². The molecule has 0 spiro atoms. The third-order valence-electron chi connectivity index (χ3n) is 2.97. The number of hydrogen-bond acceptors (Lipinski definition) is 6. The zero-order chi connectivity index (χ0) is 17.0. The molecule has 8 nitrogen and oxygen atoms in total. The van der Waals surface area contributed by atoms with Crippen LogP contribution in [0, 0.1) is 11.3 Å². The Morgan fingerprint density at radius 2 is 2.22 bits per heavy atom. The van der Waals surface area contributed by atoms with Crippen LogP contribution in [-0.2, 0) is 21.8 Å². The van der Waals surface area contributed by atoms with E-state index in [0.717, 1.165) is 0 Å². The van der Waals surface area contributed by atoms with Gasteiger partial charge in [-0.15, -0.1) is 0 Å². The fraction of sp³-hybridized carbons (Fsp3) is 0.214. The van der Waals surface area contributed by atoms with Crippen molar-refractivity contribution >= 4 is 21.9 Å². The van der Waals surface area contributed by atoms with Crippen molar-refractivity contribution < 1.29 is 17.9 Å². The molecule has 2 rings (SSSR count). The summed E-state index contributed by atoms with van der Waals surface area (Å²) in [4.78, 5) is 15.5. The average Bonchev–Trinajstić information content (AvgIpc) is 2.88. The number of ether oxygens (including phenoxy) is 1. The van der Waals surface area contributed by atoms with Crippen molar-refractivity contribution in [3.8, 4) is 6.07 Å². The standard InChI is InChI=1S/C14H14N4O4S/c1-3-22-13(19)12-9-16-14(18(12)2)17-23(20,21)11-6-4-5-10(7-11)8-15/h4-7,9H,3H2,1-2H3,(H,16,17). The lowest BCUT2D eigenvalue weighted by Crippen LogP contribution is -2.17. The number of esters is 1. The highest BCUT2D eigenvalue weighted by Gasteiger charge is 2.20. The Morgan fingerprint density at radius 1 is 1.48 bits per heavy atom. The minimum Gasteiger partial charge on any atom is -0.461 e. The Bertz CT molecular complexity index is 880. The molecule has 0 bridgehead atoms. The van der Waals surface area contributed by atoms with Crippen molar-refractivity contribution in [2.75, 3.05) is 11.3 Å². The topological polar surface area (TPSA) is 114 Å². The van der Waals surface area contributed by atoms with Gasteiger partial charge >= 0.3 is 5.97 Å². The molecule has 0 fully saturated rings. The van der Waals surface area contributed by atoms with Crippen LogP contribution in [0.1, 0.15) is 23.0 Å². The maximum atomic E-state index is 12.3. The summed E-state index contributed by atoms with van der Waals surface area (Å²) in [5, 5.41) is 8.84. The van der Waals surface area contributed by atoms with Gasteiger partial charge in [-0.3, -0.25) is 0 Å². The third kappa shape index (κ3) is 3.49. The molecular formula is C14H14N4O4S. The molecule has 120 valence electrons. The number of hydrogen-bond donors (Lipinski definition) is 1. The second-order valence-electron chi connectivity index (χ2n) is 4.49. The van der Waals surface area contributed by atoms with Gasteiger partial charge in [0.25, 0.3) is 10.0 Å². The van der Waals surface area contributed by atoms with Crippen LogP contribution in [0.4, 0.5) is 5.95 Å². The Kier molecular flexibility index (Phi) is 4.66. The van der Waals surface area contributed by atoms with E-state index in [-0.39, 0.29) is 28.7 Å². The fourth-order valence-corrected chi connectivity index (χ4v) is 2.90. The first-order valence-electron chi connectivity index (χ1n) is 6.61. The van der Waals surface area contributed by atoms with E-state index in [1.165, 1.54) is 42.1 Å². The number of nitriles is 1. The number of anilines is 1. The van der Waals surface area contributed by atoms with Gasteiger partial charge in [0.2, 0.25) is 5.95 Å². The van der Waals surface area contributed by atoms with Crippen LogP contribution in [0.5, 0.6) is 0 Å². The molecule has 2 aromatic rings. The summed E-state index contributed by atoms with van der Waals surface area (Å²) < 4.78 is 33.1. The molecule has 0 unspecified atom stereocenters. The van der Waals surface area contributed by atoms with Crippen LogP contribution in [0.3, 0.4) is 0 Å². The van der Waals surface area contributed by atoms with Crippen molar-refractivity contribution in [3.63, 3.8) is 0 Å². The predicted octanol–water partition coefficient (Wildman–Crippen LogP) is 1.27. The number of nitrogens with zero attached hydrogens (tertiary/aromatic N) is 3. The number of rotatable bonds is 5. The number of imidazole rings is 1. The average molecular weight is 334 g/mol. The third-order valence-corrected chi connectivity index (χ3v) is 4.30. The van der Waals surface area contributed by atoms with E-state index in [2.05, 4.69) is 9.71 Å². The maximum Gasteiger partial charge on any atom is 0.356 e. The summed E-state index contributed by atoms with van der Waals surface area (Å²) in [5.74, 6) is -0.630. The molecule has 1 aromatic carbocycles. The highest BCUT2D eigenvalue weighted by atomic mass is 32.2. The molecule has 9 heteroatoms. The molecule has 0 atom stereocenters. The minimum atomic E-state index is -3.93. The molecular weight excluding hydrogens is 320 g/mol. The van der Waals surface area contributed by atoms with Crippen LogP contribution in [0.2, 0.25) is 0 Å². The van der Waals surface area contributed by atoms with Crippen molar-refractivity contribution in [2.24, 2.45) is 7.05 Å². The number of sulfonamides is 1. The number of carbonyl (C=O) groups is 1. The number of nitrogens with one attached hydrogen (secondary N) is 1. The van der Waals surface area contributed by atoms with E-state index in [1.807, 2.05) is 6.07 Å². The summed E-state index contributed by atoms with van der Waals surface area (Å²) >= 11 is 0. The number of aromatic nitrogens is 2. The summed E-state index contributed by atoms with van der Waals surface area (Å²) in [6, 6.07) is 7.45. The van der Waals surface area contributed by atoms with E-state index >= 15 is 0 Å². The van der Waals surface area contributed by atoms with Gasteiger partial charge in [0.05, 0.1) is 29.3 Å². The minimum absolute atomic E-state index is 0.0320. The summed E-state index contributed by atoms with van der Waals surface area (Å²) in [7, 11) is -2.44. The van der Waals surface area contributed by atoms with E-state index in [4.69, 9.17) is 10.00 Å². The maximum absolute atomic E-state index is 12.3. The van der Waals surface area contributed by atoms with Gasteiger partial charge in [-0.25, -0.2) is 22.9 Å². The second-order valence-corrected chi connectivity index (χ2v) is 6.17. The molecule has 0 aliphatic heterocycles. The van der Waals surface area contributed by atoms with Crippen molar-refractivity contribution in [2.45, 2.75) is 11.8 Å². The van der Waals surface area contributed by atoms with Crippen LogP contribution >= 0.6 is 0 Å². The quantitative estimate of drug-likeness (QED) is 0.824. The second kappa shape index (κ2) is 6.50. The van der Waals surface area contributed by atoms with E-state index in [9.17, 15) is 13.2 Å². The van der Waals surface area contributed by atoms with Crippen molar-refractivity contribution in [1.82, 2.24) is 9.55 Å². The fourth-order valence-electron chi connectivity index (χ4n) is 1.81. The van der Waals surface area contributed by atoms with Gasteiger partial charge in [0.1, 0.15) is 5.69 Å². The van der Waals surface area contributed by atoms with Gasteiger partial charge in [0, 0.05) is 7.05 Å². The molecule has 0 aliphatic rings. The van der Waals surface area contributed by atoms with Crippen LogP contribution < -0.4 is 4.72 Å². The lowest BCUT2D eigenvalue weighted by atomic mass is 10.2. The Hall–Kier alpha value is -2.86. The molecule has 1 N–H and O–H groups in total. The van der Waals surface area contributed by atoms with Gasteiger partial charge in [-0.1, -0.05) is 6.07 Å². The molecule has 23 heavy (non-hydrogen) atoms. The van der Waals surface area contributed by atoms with Crippen LogP contribution in [0.25, 0.3) is 0 Å². The largest absolute Gasteiger partial charge is 0.461 e. The van der Waals surface area contributed by atoms with Crippen molar-refractivity contribution in [1.29, 1.82) is 5.26 Å². The molecule has 0 saturated heterocycles. The van der Waals surface area contributed by atoms with Crippen LogP contribution in [0.15, 0.2) is 35.4 Å². The normalized spacial score (nSPS) is 10.8. The molecule has 0 saturated carbocycles. The number of benzene rings is 1. The first kappa shape index (κ1) is 16.5. The summed E-state index contributed by atoms with van der Waals surface area (Å²) in [6.07, 6.45) is 1.22. The van der Waals surface area contributed by atoms with E-state index < -0.39 is 16.0 Å². The van der Waals surface area contributed by atoms with Gasteiger partial charge in [-0.05, 0) is 25.1 Å². The molecule has 0 amide bonds. The van der Waals surface area contributed by atoms with E-state index in [0.29, 0.717) is 0 Å². The first-order valence-corrected chi connectivity index (χ1v) is 8.09. The Labute approximate surface area is 133 Å². The van der Waals surface area contributed by atoms with Gasteiger partial charge in [-0.2, -0.15) is 5.26 Å². The molecule has 0 aliphatic carbocycles. The first-order chi connectivity index (χ1) is 10.9. The molecule has 1 heterocycles. The Morgan fingerprint density at radius 3 is 2.87 bits per heavy atom. The predicted molar refractivity (Wildman–Crippen MR) is 81.1 cm³/mol. The SMILES string of the molecule is CCOC(=O)c1cnc(NS(=O)(=O)c2cccc(C#N)c2)n1C. The van der Waals surface area contributed by atoms with Crippen LogP contribution in [-0.4, -0.2) is 30.5 Å². The summed E-state index contributed by atoms with van der Waals surface area (Å²) in [6.45, 7) is 1.87. The highest BCUT2D eigenvalue weighted by Crippen LogP contribution is 2.17. The molecule has 0 radical (unpaired) electrons. The summed E-state index contributed by atoms with van der Waals surface area (Å²) in [5.41, 5.74) is 0.343. The molecule has 1 aromatic heterocycles. The van der Waals surface area contributed by atoms with Gasteiger partial charge in [0.15, 0.2) is 0 Å². The lowest BCUT2D eigenvalue weighted by molar-refractivity contribution is 0.0515. The zero-order valence-corrected chi connectivity index (χ0v) is 13.3. The zero-order valence-electron chi connectivity index (χ0n) is 12.5. The number of carbonyl (C=O) groups excluding carboxylic acids is 1. The Balaban J connectivity index is 2.31. The lowest BCUT2D eigenvalue weighted by Gasteiger charge is -2.09. The monoisotopic (exact) mass is 334 g/mol. The smallest absolute Gasteiger partial charge is 0.356 e. The van der Waals surface area contributed by atoms with Gasteiger partial charge < -0.3 is 9.30 Å².